The average Bonchev–Trinajstić information content (AvgIpc) is 3.26. The molecule has 0 bridgehead atoms. The highest BCUT2D eigenvalue weighted by Gasteiger charge is 2.47. The van der Waals surface area contributed by atoms with Gasteiger partial charge in [0.25, 0.3) is 20.2 Å². The van der Waals surface area contributed by atoms with Crippen molar-refractivity contribution in [2.24, 2.45) is 0 Å². The third-order valence-electron chi connectivity index (χ3n) is 8.56. The molecule has 0 aromatic heterocycles. The molecule has 0 unspecified atom stereocenters. The lowest BCUT2D eigenvalue weighted by Crippen LogP contribution is -2.29. The van der Waals surface area contributed by atoms with E-state index >= 15 is 0 Å². The van der Waals surface area contributed by atoms with E-state index in [-0.39, 0.29) is 23.4 Å². The molecule has 3 N–H and O–H groups in total. The number of hydrogen-bond donors (Lipinski definition) is 3. The van der Waals surface area contributed by atoms with Crippen molar-refractivity contribution in [3.8, 4) is 0 Å². The van der Waals surface area contributed by atoms with E-state index in [1.807, 2.05) is 56.6 Å². The summed E-state index contributed by atoms with van der Waals surface area (Å²) in [6, 6.07) is 9.70. The molecule has 0 spiro atoms. The van der Waals surface area contributed by atoms with Crippen LogP contribution in [-0.4, -0.2) is 66.1 Å². The summed E-state index contributed by atoms with van der Waals surface area (Å²) >= 11 is 0. The second-order valence-electron chi connectivity index (χ2n) is 12.4. The van der Waals surface area contributed by atoms with Gasteiger partial charge >= 0.3 is 5.97 Å². The first-order valence-electron chi connectivity index (χ1n) is 14.7. The van der Waals surface area contributed by atoms with Crippen molar-refractivity contribution < 1.29 is 40.4 Å². The number of anilines is 1. The normalized spacial score (nSPS) is 18.3. The van der Waals surface area contributed by atoms with Crippen LogP contribution >= 0.6 is 0 Å². The van der Waals surface area contributed by atoms with Gasteiger partial charge in [-0.1, -0.05) is 45.8 Å². The number of benzene rings is 2. The number of aromatic carboxylic acids is 1. The minimum Gasteiger partial charge on any atom is -0.478 e. The molecule has 238 valence electrons. The monoisotopic (exact) mass is 645 g/mol. The molecule has 2 aromatic carbocycles. The van der Waals surface area contributed by atoms with Crippen LogP contribution in [0.1, 0.15) is 81.8 Å². The Morgan fingerprint density at radius 2 is 1.68 bits per heavy atom. The number of carbonyl (C=O) groups is 1. The highest BCUT2D eigenvalue weighted by Crippen LogP contribution is 2.49. The van der Waals surface area contributed by atoms with E-state index in [9.17, 15) is 35.8 Å². The van der Waals surface area contributed by atoms with Crippen molar-refractivity contribution >= 4 is 43.3 Å². The number of nitrogens with zero attached hydrogens (tertiary/aromatic N) is 2. The highest BCUT2D eigenvalue weighted by molar-refractivity contribution is 7.86. The second kappa shape index (κ2) is 12.2. The molecule has 0 saturated carbocycles. The molecule has 12 heteroatoms. The van der Waals surface area contributed by atoms with Gasteiger partial charge in [0.15, 0.2) is 5.71 Å². The maximum absolute atomic E-state index is 12.2. The van der Waals surface area contributed by atoms with Gasteiger partial charge in [0.1, 0.15) is 6.54 Å². The van der Waals surface area contributed by atoms with Gasteiger partial charge in [0.05, 0.1) is 27.2 Å². The lowest BCUT2D eigenvalue weighted by atomic mass is 9.79. The average molecular weight is 646 g/mol. The fourth-order valence-corrected chi connectivity index (χ4v) is 7.45. The van der Waals surface area contributed by atoms with Gasteiger partial charge in [-0.2, -0.15) is 21.4 Å². The lowest BCUT2D eigenvalue weighted by Gasteiger charge is -2.27. The van der Waals surface area contributed by atoms with Gasteiger partial charge in [-0.3, -0.25) is 9.11 Å². The molecule has 2 aromatic rings. The van der Waals surface area contributed by atoms with Crippen LogP contribution in [0.5, 0.6) is 0 Å². The zero-order valence-corrected chi connectivity index (χ0v) is 27.4. The molecule has 10 nitrogen and oxygen atoms in total. The van der Waals surface area contributed by atoms with Crippen molar-refractivity contribution in [3.63, 3.8) is 0 Å². The Morgan fingerprint density at radius 1 is 0.977 bits per heavy atom. The van der Waals surface area contributed by atoms with Crippen LogP contribution in [0, 0.1) is 0 Å². The first-order chi connectivity index (χ1) is 20.4. The molecule has 2 heterocycles. The van der Waals surface area contributed by atoms with Crippen LogP contribution < -0.4 is 4.90 Å². The lowest BCUT2D eigenvalue weighted by molar-refractivity contribution is -0.437. The van der Waals surface area contributed by atoms with E-state index < -0.39 is 42.8 Å². The molecular formula is C32H41N2O8S2+. The zero-order chi connectivity index (χ0) is 32.7. The van der Waals surface area contributed by atoms with E-state index in [2.05, 4.69) is 11.8 Å². The number of allylic oxidation sites excluding steroid dienone is 4. The van der Waals surface area contributed by atoms with Gasteiger partial charge in [0, 0.05) is 41.9 Å². The Morgan fingerprint density at radius 3 is 2.30 bits per heavy atom. The molecule has 0 atom stereocenters. The predicted octanol–water partition coefficient (Wildman–Crippen LogP) is 5.71. The van der Waals surface area contributed by atoms with Crippen molar-refractivity contribution in [2.75, 3.05) is 23.7 Å². The third-order valence-corrected chi connectivity index (χ3v) is 10.2. The Balaban J connectivity index is 1.82. The van der Waals surface area contributed by atoms with Gasteiger partial charge in [-0.25, -0.2) is 4.79 Å². The van der Waals surface area contributed by atoms with Crippen LogP contribution in [0.3, 0.4) is 0 Å². The smallest absolute Gasteiger partial charge is 0.336 e. The maximum Gasteiger partial charge on any atom is 0.336 e. The minimum absolute atomic E-state index is 0.133. The topological polar surface area (TPSA) is 152 Å². The molecule has 0 radical (unpaired) electrons. The van der Waals surface area contributed by atoms with Crippen molar-refractivity contribution in [3.05, 3.63) is 77.0 Å². The molecule has 44 heavy (non-hydrogen) atoms. The summed E-state index contributed by atoms with van der Waals surface area (Å²) < 4.78 is 67.7. The zero-order valence-electron chi connectivity index (χ0n) is 25.7. The number of hydrogen-bond acceptors (Lipinski definition) is 6. The summed E-state index contributed by atoms with van der Waals surface area (Å²) in [5.41, 5.74) is 3.48. The first kappa shape index (κ1) is 33.6. The maximum atomic E-state index is 12.2. The van der Waals surface area contributed by atoms with Crippen LogP contribution in [0.2, 0.25) is 0 Å². The number of rotatable bonds is 12. The van der Waals surface area contributed by atoms with Crippen LogP contribution in [-0.2, 0) is 31.1 Å². The fraction of sp³-hybridized carbons (Fsp3) is 0.438. The number of fused-ring (bicyclic) bond motifs is 2. The summed E-state index contributed by atoms with van der Waals surface area (Å²) in [5, 5.41) is 9.96. The molecular weight excluding hydrogens is 604 g/mol. The summed E-state index contributed by atoms with van der Waals surface area (Å²) in [6.45, 7) is 10.9. The molecule has 0 saturated heterocycles. The standard InChI is InChI=1S/C32H40N2O8S2/c1-6-7-8-18-33-25-17-16-22(44(40,41)42)21-24(25)31(2,3)27(33)14-10-15-28-32(4,5)29-23(30(35)36)12-9-13-26(29)34(28)19-11-20-43(37,38)39/h9-10,12-17,21H,6-8,11,18-20H2,1-5H3,(H2-,35,36,37,38,39,40,41,42)/p+1. The summed E-state index contributed by atoms with van der Waals surface area (Å²) in [6.07, 6.45) is 8.87. The van der Waals surface area contributed by atoms with Crippen molar-refractivity contribution in [1.82, 2.24) is 0 Å². The Hall–Kier alpha value is -3.32. The number of carboxylic acids is 1. The summed E-state index contributed by atoms with van der Waals surface area (Å²) in [5.74, 6) is -1.48. The Kier molecular flexibility index (Phi) is 9.33. The molecule has 2 aliphatic heterocycles. The van der Waals surface area contributed by atoms with E-state index in [0.717, 1.165) is 41.9 Å². The van der Waals surface area contributed by atoms with Gasteiger partial charge in [-0.05, 0) is 56.2 Å². The SMILES string of the molecule is CCCCCN1/C(=C/C=C/C2=[N+](CCCS(=O)(=O)O)c3cccc(C(=O)O)c3C2(C)C)C(C)(C)c2cc(S(=O)(=O)O)ccc21. The van der Waals surface area contributed by atoms with E-state index in [4.69, 9.17) is 0 Å². The Bertz CT molecular complexity index is 1790. The second-order valence-corrected chi connectivity index (χ2v) is 15.3. The van der Waals surface area contributed by atoms with Gasteiger partial charge < -0.3 is 10.0 Å². The molecule has 2 aliphatic rings. The van der Waals surface area contributed by atoms with E-state index in [1.165, 1.54) is 12.1 Å². The molecule has 0 aliphatic carbocycles. The highest BCUT2D eigenvalue weighted by atomic mass is 32.2. The quantitative estimate of drug-likeness (QED) is 0.150. The summed E-state index contributed by atoms with van der Waals surface area (Å²) in [4.78, 5) is 14.2. The van der Waals surface area contributed by atoms with E-state index in [1.54, 1.807) is 18.2 Å². The van der Waals surface area contributed by atoms with Crippen LogP contribution in [0.25, 0.3) is 0 Å². The van der Waals surface area contributed by atoms with Crippen LogP contribution in [0.15, 0.2) is 65.2 Å². The predicted molar refractivity (Wildman–Crippen MR) is 171 cm³/mol. The van der Waals surface area contributed by atoms with Crippen LogP contribution in [0.4, 0.5) is 11.4 Å². The fourth-order valence-electron chi connectivity index (χ4n) is 6.45. The molecule has 4 rings (SSSR count). The molecule has 0 fully saturated rings. The van der Waals surface area contributed by atoms with Crippen molar-refractivity contribution in [1.29, 1.82) is 0 Å². The largest absolute Gasteiger partial charge is 0.478 e. The first-order valence-corrected chi connectivity index (χ1v) is 17.7. The molecule has 0 amide bonds. The van der Waals surface area contributed by atoms with E-state index in [0.29, 0.717) is 17.8 Å². The Labute approximate surface area is 259 Å². The van der Waals surface area contributed by atoms with Gasteiger partial charge in [-0.15, -0.1) is 0 Å². The number of unbranched alkanes of at least 4 members (excludes halogenated alkanes) is 2. The summed E-state index contributed by atoms with van der Waals surface area (Å²) in [7, 11) is -8.56. The van der Waals surface area contributed by atoms with Gasteiger partial charge in [0.2, 0.25) is 5.69 Å². The third kappa shape index (κ3) is 6.53. The number of carboxylic acid groups (broad SMARTS) is 1. The van der Waals surface area contributed by atoms with Crippen molar-refractivity contribution in [2.45, 2.75) is 76.0 Å². The minimum atomic E-state index is -4.39.